The Hall–Kier alpha value is -2.15. The molecule has 2 heterocycles. The number of amides is 2. The molecular formula is C18H27N3O4. The van der Waals surface area contributed by atoms with E-state index in [2.05, 4.69) is 29.5 Å². The van der Waals surface area contributed by atoms with Crippen LogP contribution in [-0.2, 0) is 14.3 Å². The van der Waals surface area contributed by atoms with Crippen LogP contribution in [0.4, 0.5) is 0 Å². The molecule has 1 aromatic rings. The van der Waals surface area contributed by atoms with Gasteiger partial charge >= 0.3 is 0 Å². The summed E-state index contributed by atoms with van der Waals surface area (Å²) in [7, 11) is 0. The van der Waals surface area contributed by atoms with E-state index in [0.717, 1.165) is 6.42 Å². The molecule has 0 bridgehead atoms. The zero-order valence-electron chi connectivity index (χ0n) is 15.0. The minimum atomic E-state index is -0.685. The van der Waals surface area contributed by atoms with Crippen LogP contribution in [-0.4, -0.2) is 47.4 Å². The van der Waals surface area contributed by atoms with Crippen LogP contribution in [0.25, 0.3) is 0 Å². The molecule has 2 rings (SSSR count). The summed E-state index contributed by atoms with van der Waals surface area (Å²) >= 11 is 0. The summed E-state index contributed by atoms with van der Waals surface area (Å²) in [6, 6.07) is 0.327. The predicted octanol–water partition coefficient (Wildman–Crippen LogP) is 1.41. The number of rotatable bonds is 8. The van der Waals surface area contributed by atoms with Gasteiger partial charge in [-0.05, 0) is 31.2 Å². The Morgan fingerprint density at radius 1 is 1.36 bits per heavy atom. The maximum Gasteiger partial charge on any atom is 0.253 e. The second-order valence-electron chi connectivity index (χ2n) is 6.81. The number of nitrogens with one attached hydrogen (secondary N) is 3. The summed E-state index contributed by atoms with van der Waals surface area (Å²) in [5, 5.41) is 5.54. The molecule has 138 valence electrons. The first-order valence-electron chi connectivity index (χ1n) is 8.80. The fourth-order valence-electron chi connectivity index (χ4n) is 2.84. The van der Waals surface area contributed by atoms with Gasteiger partial charge in [0.2, 0.25) is 5.91 Å². The second kappa shape index (κ2) is 8.80. The van der Waals surface area contributed by atoms with E-state index >= 15 is 0 Å². The van der Waals surface area contributed by atoms with Gasteiger partial charge in [-0.25, -0.2) is 0 Å². The number of H-pyrrole nitrogens is 1. The van der Waals surface area contributed by atoms with Gasteiger partial charge in [-0.3, -0.25) is 14.4 Å². The maximum atomic E-state index is 12.7. The van der Waals surface area contributed by atoms with E-state index in [4.69, 9.17) is 4.74 Å². The Kier molecular flexibility index (Phi) is 6.75. The van der Waals surface area contributed by atoms with Crippen molar-refractivity contribution < 1.29 is 19.1 Å². The number of carbonyl (C=O) groups is 3. The van der Waals surface area contributed by atoms with Crippen molar-refractivity contribution >= 4 is 17.6 Å². The molecule has 0 saturated carbocycles. The lowest BCUT2D eigenvalue weighted by atomic mass is 10.0. The van der Waals surface area contributed by atoms with Gasteiger partial charge in [-0.1, -0.05) is 20.8 Å². The average Bonchev–Trinajstić information content (AvgIpc) is 3.22. The van der Waals surface area contributed by atoms with Crippen molar-refractivity contribution in [1.82, 2.24) is 15.6 Å². The van der Waals surface area contributed by atoms with Crippen molar-refractivity contribution in [2.24, 2.45) is 5.92 Å². The highest BCUT2D eigenvalue weighted by molar-refractivity contribution is 5.98. The number of Topliss-reactive ketones (excluding diaryl/α,β-unsaturated/α-hetero) is 1. The standard InChI is InChI=1S/C18H27N3O4/c1-4-15-16(14(22)10-25-15)21-18(24)13(6-5-11(2)3)20-17(23)12-7-8-19-9-12/h7-9,11,13,15-16,19H,4-6,10H2,1-3H3,(H,20,23)(H,21,24). The number of ether oxygens (including phenoxy) is 1. The third kappa shape index (κ3) is 5.16. The molecule has 25 heavy (non-hydrogen) atoms. The number of aromatic nitrogens is 1. The molecule has 0 spiro atoms. The summed E-state index contributed by atoms with van der Waals surface area (Å²) in [6.07, 6.45) is 4.87. The fourth-order valence-corrected chi connectivity index (χ4v) is 2.84. The van der Waals surface area contributed by atoms with Crippen LogP contribution in [0.1, 0.15) is 50.4 Å². The van der Waals surface area contributed by atoms with Crippen LogP contribution < -0.4 is 10.6 Å². The van der Waals surface area contributed by atoms with Crippen molar-refractivity contribution in [3.63, 3.8) is 0 Å². The van der Waals surface area contributed by atoms with E-state index in [9.17, 15) is 14.4 Å². The summed E-state index contributed by atoms with van der Waals surface area (Å²) in [4.78, 5) is 39.7. The molecule has 1 saturated heterocycles. The molecule has 3 atom stereocenters. The van der Waals surface area contributed by atoms with Crippen molar-refractivity contribution in [1.29, 1.82) is 0 Å². The van der Waals surface area contributed by atoms with E-state index in [1.54, 1.807) is 18.5 Å². The number of aromatic amines is 1. The third-order valence-corrected chi connectivity index (χ3v) is 4.37. The molecule has 1 fully saturated rings. The second-order valence-corrected chi connectivity index (χ2v) is 6.81. The Morgan fingerprint density at radius 2 is 2.12 bits per heavy atom. The van der Waals surface area contributed by atoms with E-state index < -0.39 is 12.1 Å². The lowest BCUT2D eigenvalue weighted by molar-refractivity contribution is -0.127. The van der Waals surface area contributed by atoms with Crippen LogP contribution >= 0.6 is 0 Å². The third-order valence-electron chi connectivity index (χ3n) is 4.37. The lowest BCUT2D eigenvalue weighted by Gasteiger charge is -2.23. The van der Waals surface area contributed by atoms with E-state index in [1.807, 2.05) is 6.92 Å². The van der Waals surface area contributed by atoms with Crippen LogP contribution in [0.2, 0.25) is 0 Å². The molecule has 0 aromatic carbocycles. The number of hydrogen-bond donors (Lipinski definition) is 3. The number of carbonyl (C=O) groups excluding carboxylic acids is 3. The Morgan fingerprint density at radius 3 is 2.72 bits per heavy atom. The summed E-state index contributed by atoms with van der Waals surface area (Å²) < 4.78 is 5.39. The van der Waals surface area contributed by atoms with Crippen LogP contribution in [0.15, 0.2) is 18.5 Å². The Labute approximate surface area is 147 Å². The summed E-state index contributed by atoms with van der Waals surface area (Å²) in [5.74, 6) is -0.378. The van der Waals surface area contributed by atoms with Crippen LogP contribution in [0, 0.1) is 5.92 Å². The molecule has 1 aliphatic rings. The minimum absolute atomic E-state index is 0.0236. The first kappa shape index (κ1) is 19.2. The lowest BCUT2D eigenvalue weighted by Crippen LogP contribution is -2.53. The summed E-state index contributed by atoms with van der Waals surface area (Å²) in [5.41, 5.74) is 0.467. The minimum Gasteiger partial charge on any atom is -0.368 e. The van der Waals surface area contributed by atoms with Crippen molar-refractivity contribution in [2.75, 3.05) is 6.61 Å². The van der Waals surface area contributed by atoms with Gasteiger partial charge in [0.05, 0.1) is 11.7 Å². The zero-order chi connectivity index (χ0) is 18.4. The van der Waals surface area contributed by atoms with Gasteiger partial charge < -0.3 is 20.4 Å². The van der Waals surface area contributed by atoms with Crippen molar-refractivity contribution in [2.45, 2.75) is 58.2 Å². The molecule has 0 aliphatic carbocycles. The molecule has 2 amide bonds. The van der Waals surface area contributed by atoms with Gasteiger partial charge in [-0.2, -0.15) is 0 Å². The van der Waals surface area contributed by atoms with Gasteiger partial charge in [0.1, 0.15) is 18.7 Å². The molecule has 1 aromatic heterocycles. The van der Waals surface area contributed by atoms with Crippen molar-refractivity contribution in [3.05, 3.63) is 24.0 Å². The predicted molar refractivity (Wildman–Crippen MR) is 93.1 cm³/mol. The number of hydrogen-bond acceptors (Lipinski definition) is 4. The molecule has 3 N–H and O–H groups in total. The van der Waals surface area contributed by atoms with E-state index in [-0.39, 0.29) is 30.3 Å². The Balaban J connectivity index is 2.04. The molecule has 0 radical (unpaired) electrons. The van der Waals surface area contributed by atoms with E-state index in [0.29, 0.717) is 24.3 Å². The largest absolute Gasteiger partial charge is 0.368 e. The van der Waals surface area contributed by atoms with Crippen molar-refractivity contribution in [3.8, 4) is 0 Å². The quantitative estimate of drug-likeness (QED) is 0.660. The van der Waals surface area contributed by atoms with Gasteiger partial charge in [0.15, 0.2) is 5.78 Å². The highest BCUT2D eigenvalue weighted by Gasteiger charge is 2.37. The van der Waals surface area contributed by atoms with Crippen LogP contribution in [0.5, 0.6) is 0 Å². The molecule has 7 nitrogen and oxygen atoms in total. The monoisotopic (exact) mass is 349 g/mol. The molecule has 1 aliphatic heterocycles. The first-order valence-corrected chi connectivity index (χ1v) is 8.80. The molecule has 7 heteroatoms. The zero-order valence-corrected chi connectivity index (χ0v) is 15.0. The molecule has 3 unspecified atom stereocenters. The Bertz CT molecular complexity index is 597. The highest BCUT2D eigenvalue weighted by atomic mass is 16.5. The first-order chi connectivity index (χ1) is 11.9. The maximum absolute atomic E-state index is 12.7. The molecular weight excluding hydrogens is 322 g/mol. The normalized spacial score (nSPS) is 21.4. The van der Waals surface area contributed by atoms with Crippen LogP contribution in [0.3, 0.4) is 0 Å². The van der Waals surface area contributed by atoms with E-state index in [1.165, 1.54) is 0 Å². The average molecular weight is 349 g/mol. The number of ketones is 1. The highest BCUT2D eigenvalue weighted by Crippen LogP contribution is 2.15. The SMILES string of the molecule is CCC1OCC(=O)C1NC(=O)C(CCC(C)C)NC(=O)c1cc[nH]c1. The van der Waals surface area contributed by atoms with Gasteiger partial charge in [0, 0.05) is 12.4 Å². The van der Waals surface area contributed by atoms with Gasteiger partial charge in [0.25, 0.3) is 5.91 Å². The smallest absolute Gasteiger partial charge is 0.253 e. The summed E-state index contributed by atoms with van der Waals surface area (Å²) in [6.45, 7) is 6.05. The topological polar surface area (TPSA) is 100 Å². The van der Waals surface area contributed by atoms with Gasteiger partial charge in [-0.15, -0.1) is 0 Å². The fraction of sp³-hybridized carbons (Fsp3) is 0.611.